The van der Waals surface area contributed by atoms with Crippen LogP contribution in [0.2, 0.25) is 0 Å². The zero-order chi connectivity index (χ0) is 27.2. The average Bonchev–Trinajstić information content (AvgIpc) is 2.85. The van der Waals surface area contributed by atoms with Crippen LogP contribution in [-0.2, 0) is 26.2 Å². The van der Waals surface area contributed by atoms with Gasteiger partial charge in [-0.2, -0.15) is 0 Å². The molecule has 0 aliphatic heterocycles. The zero-order valence-electron chi connectivity index (χ0n) is 22.1. The fraction of sp³-hybridized carbons (Fsp3) is 0.500. The molecule has 0 spiro atoms. The maximum absolute atomic E-state index is 13.8. The zero-order valence-corrected chi connectivity index (χ0v) is 24.5. The van der Waals surface area contributed by atoms with E-state index in [2.05, 4.69) is 21.2 Å². The minimum atomic E-state index is -3.77. The number of anilines is 1. The van der Waals surface area contributed by atoms with E-state index < -0.39 is 28.5 Å². The Balaban J connectivity index is 1.92. The summed E-state index contributed by atoms with van der Waals surface area (Å²) in [6.07, 6.45) is 6.32. The minimum absolute atomic E-state index is 0.0634. The largest absolute Gasteiger partial charge is 0.352 e. The van der Waals surface area contributed by atoms with E-state index in [9.17, 15) is 18.0 Å². The number of benzene rings is 2. The van der Waals surface area contributed by atoms with E-state index in [-0.39, 0.29) is 24.4 Å². The predicted octanol–water partition coefficient (Wildman–Crippen LogP) is 5.20. The summed E-state index contributed by atoms with van der Waals surface area (Å²) in [5, 5.41) is 3.12. The molecule has 9 heteroatoms. The molecule has 0 bridgehead atoms. The molecule has 1 aliphatic rings. The van der Waals surface area contributed by atoms with Gasteiger partial charge in [0, 0.05) is 17.1 Å². The summed E-state index contributed by atoms with van der Waals surface area (Å²) in [5.41, 5.74) is 2.16. The molecule has 2 amide bonds. The van der Waals surface area contributed by atoms with Gasteiger partial charge in [-0.05, 0) is 55.0 Å². The van der Waals surface area contributed by atoms with Crippen LogP contribution in [0.15, 0.2) is 53.0 Å². The number of nitrogens with zero attached hydrogens (tertiary/aromatic N) is 2. The van der Waals surface area contributed by atoms with Gasteiger partial charge >= 0.3 is 0 Å². The fourth-order valence-corrected chi connectivity index (χ4v) is 6.10. The quantitative estimate of drug-likeness (QED) is 0.411. The fourth-order valence-electron chi connectivity index (χ4n) is 4.78. The predicted molar refractivity (Wildman–Crippen MR) is 152 cm³/mol. The highest BCUT2D eigenvalue weighted by Crippen LogP contribution is 2.29. The SMILES string of the molecule is CC(C)c1ccccc1N(CC(=O)N(Cc1cccc(Br)c1)[C@H](C)C(=O)NC1CCCCC1)S(C)(=O)=O. The summed E-state index contributed by atoms with van der Waals surface area (Å²) in [5.74, 6) is -0.590. The van der Waals surface area contributed by atoms with Crippen LogP contribution >= 0.6 is 15.9 Å². The van der Waals surface area contributed by atoms with Crippen molar-refractivity contribution in [3.63, 3.8) is 0 Å². The number of sulfonamides is 1. The van der Waals surface area contributed by atoms with Crippen molar-refractivity contribution < 1.29 is 18.0 Å². The molecule has 202 valence electrons. The summed E-state index contributed by atoms with van der Waals surface area (Å²) < 4.78 is 27.8. The number of nitrogens with one attached hydrogen (secondary N) is 1. The Bertz CT molecular complexity index is 1200. The normalized spacial score (nSPS) is 15.3. The third kappa shape index (κ3) is 8.04. The van der Waals surface area contributed by atoms with E-state index in [1.54, 1.807) is 19.1 Å². The third-order valence-electron chi connectivity index (χ3n) is 6.87. The highest BCUT2D eigenvalue weighted by molar-refractivity contribution is 9.10. The second kappa shape index (κ2) is 12.9. The number of halogens is 1. The van der Waals surface area contributed by atoms with Crippen LogP contribution in [0, 0.1) is 0 Å². The Kier molecular flexibility index (Phi) is 10.2. The second-order valence-electron chi connectivity index (χ2n) is 10.2. The Hall–Kier alpha value is -2.39. The van der Waals surface area contributed by atoms with Crippen LogP contribution in [-0.4, -0.2) is 50.0 Å². The van der Waals surface area contributed by atoms with E-state index in [4.69, 9.17) is 0 Å². The Morgan fingerprint density at radius 2 is 1.70 bits per heavy atom. The summed E-state index contributed by atoms with van der Waals surface area (Å²) in [6.45, 7) is 5.47. The first-order chi connectivity index (χ1) is 17.5. The molecule has 0 radical (unpaired) electrons. The maximum Gasteiger partial charge on any atom is 0.244 e. The molecule has 0 unspecified atom stereocenters. The van der Waals surface area contributed by atoms with Gasteiger partial charge in [-0.25, -0.2) is 8.42 Å². The van der Waals surface area contributed by atoms with Gasteiger partial charge in [0.05, 0.1) is 11.9 Å². The van der Waals surface area contributed by atoms with E-state index in [1.807, 2.05) is 50.2 Å². The molecule has 37 heavy (non-hydrogen) atoms. The van der Waals surface area contributed by atoms with E-state index >= 15 is 0 Å². The van der Waals surface area contributed by atoms with Gasteiger partial charge < -0.3 is 10.2 Å². The standard InChI is InChI=1S/C28H38BrN3O4S/c1-20(2)25-15-8-9-16-26(25)32(37(4,35)36)19-27(33)31(18-22-11-10-12-23(29)17-22)21(3)28(34)30-24-13-6-5-7-14-24/h8-12,15-17,20-21,24H,5-7,13-14,18-19H2,1-4H3,(H,30,34)/t21-/m1/s1. The van der Waals surface area contributed by atoms with Crippen LogP contribution < -0.4 is 9.62 Å². The van der Waals surface area contributed by atoms with Crippen LogP contribution in [0.4, 0.5) is 5.69 Å². The molecule has 1 N–H and O–H groups in total. The van der Waals surface area contributed by atoms with Gasteiger partial charge in [-0.1, -0.05) is 79.4 Å². The van der Waals surface area contributed by atoms with Crippen LogP contribution in [0.25, 0.3) is 0 Å². The number of hydrogen-bond acceptors (Lipinski definition) is 4. The van der Waals surface area contributed by atoms with Crippen molar-refractivity contribution in [3.8, 4) is 0 Å². The molecule has 2 aromatic carbocycles. The molecule has 3 rings (SSSR count). The van der Waals surface area contributed by atoms with Crippen molar-refractivity contribution >= 4 is 43.5 Å². The molecule has 0 aromatic heterocycles. The Labute approximate surface area is 229 Å². The van der Waals surface area contributed by atoms with Gasteiger partial charge in [0.1, 0.15) is 12.6 Å². The third-order valence-corrected chi connectivity index (χ3v) is 8.49. The first-order valence-corrected chi connectivity index (χ1v) is 15.5. The molecule has 1 saturated carbocycles. The number of carbonyl (C=O) groups is 2. The molecule has 1 fully saturated rings. The van der Waals surface area contributed by atoms with Crippen LogP contribution in [0.3, 0.4) is 0 Å². The summed E-state index contributed by atoms with van der Waals surface area (Å²) >= 11 is 3.47. The lowest BCUT2D eigenvalue weighted by Gasteiger charge is -2.33. The molecule has 7 nitrogen and oxygen atoms in total. The van der Waals surface area contributed by atoms with Gasteiger partial charge in [-0.15, -0.1) is 0 Å². The van der Waals surface area contributed by atoms with Crippen LogP contribution in [0.1, 0.15) is 69.9 Å². The Morgan fingerprint density at radius 1 is 1.03 bits per heavy atom. The Morgan fingerprint density at radius 3 is 2.32 bits per heavy atom. The van der Waals surface area contributed by atoms with Gasteiger partial charge in [0.2, 0.25) is 21.8 Å². The molecule has 1 atom stereocenters. The number of rotatable bonds is 10. The summed E-state index contributed by atoms with van der Waals surface area (Å²) in [6, 6.07) is 14.1. The number of carbonyl (C=O) groups excluding carboxylic acids is 2. The highest BCUT2D eigenvalue weighted by atomic mass is 79.9. The first kappa shape index (κ1) is 29.2. The van der Waals surface area contributed by atoms with Gasteiger partial charge in [-0.3, -0.25) is 13.9 Å². The lowest BCUT2D eigenvalue weighted by atomic mass is 9.95. The van der Waals surface area contributed by atoms with Crippen molar-refractivity contribution in [2.75, 3.05) is 17.1 Å². The second-order valence-corrected chi connectivity index (χ2v) is 13.0. The smallest absolute Gasteiger partial charge is 0.244 e. The van der Waals surface area contributed by atoms with Gasteiger partial charge in [0.15, 0.2) is 0 Å². The lowest BCUT2D eigenvalue weighted by molar-refractivity contribution is -0.139. The monoisotopic (exact) mass is 591 g/mol. The molecule has 1 aliphatic carbocycles. The van der Waals surface area contributed by atoms with Crippen molar-refractivity contribution in [3.05, 3.63) is 64.1 Å². The van der Waals surface area contributed by atoms with Crippen molar-refractivity contribution in [2.24, 2.45) is 0 Å². The van der Waals surface area contributed by atoms with E-state index in [0.717, 1.165) is 51.8 Å². The maximum atomic E-state index is 13.8. The minimum Gasteiger partial charge on any atom is -0.352 e. The highest BCUT2D eigenvalue weighted by Gasteiger charge is 2.32. The summed E-state index contributed by atoms with van der Waals surface area (Å²) in [4.78, 5) is 28.6. The van der Waals surface area contributed by atoms with E-state index in [0.29, 0.717) is 5.69 Å². The molecular weight excluding hydrogens is 554 g/mol. The molecule has 2 aromatic rings. The van der Waals surface area contributed by atoms with Gasteiger partial charge in [0.25, 0.3) is 0 Å². The lowest BCUT2D eigenvalue weighted by Crippen LogP contribution is -2.53. The van der Waals surface area contributed by atoms with Crippen molar-refractivity contribution in [1.29, 1.82) is 0 Å². The molecule has 0 heterocycles. The van der Waals surface area contributed by atoms with Crippen LogP contribution in [0.5, 0.6) is 0 Å². The number of hydrogen-bond donors (Lipinski definition) is 1. The first-order valence-electron chi connectivity index (χ1n) is 12.9. The summed E-state index contributed by atoms with van der Waals surface area (Å²) in [7, 11) is -3.77. The number of para-hydroxylation sites is 1. The number of amides is 2. The average molecular weight is 593 g/mol. The molecular formula is C28H38BrN3O4S. The van der Waals surface area contributed by atoms with Crippen molar-refractivity contribution in [2.45, 2.75) is 77.4 Å². The molecule has 0 saturated heterocycles. The topological polar surface area (TPSA) is 86.8 Å². The van der Waals surface area contributed by atoms with E-state index in [1.165, 1.54) is 11.3 Å². The van der Waals surface area contributed by atoms with Crippen molar-refractivity contribution in [1.82, 2.24) is 10.2 Å².